The SMILES string of the molecule is O=C(Nc1ccccc1C1CCCCC1)Nc1c2ccccc2nn1-c1ccc(Cl)cc1. The number of urea groups is 1. The Morgan fingerprint density at radius 3 is 2.41 bits per heavy atom. The summed E-state index contributed by atoms with van der Waals surface area (Å²) in [4.78, 5) is 13.1. The number of nitrogens with one attached hydrogen (secondary N) is 2. The molecule has 1 heterocycles. The van der Waals surface area contributed by atoms with E-state index in [2.05, 4.69) is 22.8 Å². The summed E-state index contributed by atoms with van der Waals surface area (Å²) < 4.78 is 1.74. The minimum absolute atomic E-state index is 0.283. The summed E-state index contributed by atoms with van der Waals surface area (Å²) in [6.07, 6.45) is 6.14. The fourth-order valence-corrected chi connectivity index (χ4v) is 4.69. The molecule has 0 bridgehead atoms. The van der Waals surface area contributed by atoms with Crippen LogP contribution < -0.4 is 10.6 Å². The zero-order chi connectivity index (χ0) is 21.9. The molecule has 1 aliphatic rings. The molecule has 2 amide bonds. The molecule has 1 aromatic heterocycles. The Balaban J connectivity index is 1.45. The number of benzene rings is 3. The van der Waals surface area contributed by atoms with Crippen molar-refractivity contribution < 1.29 is 4.79 Å². The van der Waals surface area contributed by atoms with Crippen LogP contribution in [0.2, 0.25) is 5.02 Å². The van der Waals surface area contributed by atoms with Gasteiger partial charge in [0.25, 0.3) is 0 Å². The maximum absolute atomic E-state index is 13.1. The zero-order valence-electron chi connectivity index (χ0n) is 17.7. The van der Waals surface area contributed by atoms with Gasteiger partial charge < -0.3 is 5.32 Å². The molecule has 162 valence electrons. The van der Waals surface area contributed by atoms with E-state index in [4.69, 9.17) is 16.7 Å². The molecule has 0 saturated heterocycles. The van der Waals surface area contributed by atoms with Crippen LogP contribution in [0.1, 0.15) is 43.6 Å². The van der Waals surface area contributed by atoms with Crippen LogP contribution in [0.25, 0.3) is 16.6 Å². The maximum Gasteiger partial charge on any atom is 0.324 e. The van der Waals surface area contributed by atoms with Crippen molar-refractivity contribution in [3.8, 4) is 5.69 Å². The molecule has 4 aromatic rings. The van der Waals surface area contributed by atoms with E-state index in [-0.39, 0.29) is 6.03 Å². The van der Waals surface area contributed by atoms with Gasteiger partial charge in [-0.15, -0.1) is 0 Å². The lowest BCUT2D eigenvalue weighted by atomic mass is 9.83. The molecule has 1 fully saturated rings. The van der Waals surface area contributed by atoms with Gasteiger partial charge in [0.05, 0.1) is 11.2 Å². The van der Waals surface area contributed by atoms with Gasteiger partial charge in [-0.25, -0.2) is 9.48 Å². The van der Waals surface area contributed by atoms with Crippen LogP contribution >= 0.6 is 11.6 Å². The Morgan fingerprint density at radius 2 is 1.59 bits per heavy atom. The second-order valence-corrected chi connectivity index (χ2v) is 8.69. The summed E-state index contributed by atoms with van der Waals surface area (Å²) in [6.45, 7) is 0. The highest BCUT2D eigenvalue weighted by Crippen LogP contribution is 2.36. The highest BCUT2D eigenvalue weighted by atomic mass is 35.5. The smallest absolute Gasteiger partial charge is 0.307 e. The number of fused-ring (bicyclic) bond motifs is 1. The van der Waals surface area contributed by atoms with Gasteiger partial charge in [-0.3, -0.25) is 5.32 Å². The molecule has 2 N–H and O–H groups in total. The van der Waals surface area contributed by atoms with Gasteiger partial charge in [-0.1, -0.05) is 61.2 Å². The Hall–Kier alpha value is -3.31. The molecule has 0 radical (unpaired) electrons. The van der Waals surface area contributed by atoms with Crippen molar-refractivity contribution in [2.45, 2.75) is 38.0 Å². The van der Waals surface area contributed by atoms with Gasteiger partial charge >= 0.3 is 6.03 Å². The first-order chi connectivity index (χ1) is 15.7. The molecule has 3 aromatic carbocycles. The van der Waals surface area contributed by atoms with Crippen molar-refractivity contribution in [2.75, 3.05) is 10.6 Å². The monoisotopic (exact) mass is 444 g/mol. The minimum atomic E-state index is -0.283. The van der Waals surface area contributed by atoms with Crippen molar-refractivity contribution >= 4 is 40.0 Å². The maximum atomic E-state index is 13.1. The normalized spacial score (nSPS) is 14.4. The number of halogens is 1. The number of rotatable bonds is 4. The Bertz CT molecular complexity index is 1240. The van der Waals surface area contributed by atoms with E-state index in [1.165, 1.54) is 37.7 Å². The van der Waals surface area contributed by atoms with Gasteiger partial charge in [0.1, 0.15) is 5.82 Å². The number of para-hydroxylation sites is 1. The van der Waals surface area contributed by atoms with Crippen LogP contribution in [0, 0.1) is 0 Å². The van der Waals surface area contributed by atoms with E-state index in [1.54, 1.807) is 4.68 Å². The third-order valence-corrected chi connectivity index (χ3v) is 6.39. The van der Waals surface area contributed by atoms with Crippen LogP contribution in [-0.2, 0) is 0 Å². The second kappa shape index (κ2) is 9.05. The first kappa shape index (κ1) is 20.6. The molecule has 6 heteroatoms. The summed E-state index contributed by atoms with van der Waals surface area (Å²) in [5.41, 5.74) is 3.72. The number of amides is 2. The summed E-state index contributed by atoms with van der Waals surface area (Å²) in [7, 11) is 0. The van der Waals surface area contributed by atoms with Crippen LogP contribution in [0.3, 0.4) is 0 Å². The average molecular weight is 445 g/mol. The number of carbonyl (C=O) groups excluding carboxylic acids is 1. The van der Waals surface area contributed by atoms with E-state index in [9.17, 15) is 4.79 Å². The van der Waals surface area contributed by atoms with Crippen molar-refractivity contribution in [2.24, 2.45) is 0 Å². The van der Waals surface area contributed by atoms with Crippen molar-refractivity contribution in [3.63, 3.8) is 0 Å². The molecule has 1 aliphatic carbocycles. The summed E-state index contributed by atoms with van der Waals surface area (Å²) in [5.74, 6) is 1.12. The van der Waals surface area contributed by atoms with Crippen LogP contribution in [0.5, 0.6) is 0 Å². The quantitative estimate of drug-likeness (QED) is 0.345. The van der Waals surface area contributed by atoms with E-state index in [1.807, 2.05) is 60.7 Å². The Kier molecular flexibility index (Phi) is 5.82. The topological polar surface area (TPSA) is 59.0 Å². The van der Waals surface area contributed by atoms with Crippen LogP contribution in [0.4, 0.5) is 16.3 Å². The molecule has 0 spiro atoms. The number of nitrogens with zero attached hydrogens (tertiary/aromatic N) is 2. The van der Waals surface area contributed by atoms with Crippen molar-refractivity contribution in [3.05, 3.63) is 83.4 Å². The molecule has 32 heavy (non-hydrogen) atoms. The molecule has 1 saturated carbocycles. The predicted octanol–water partition coefficient (Wildman–Crippen LogP) is 7.37. The van der Waals surface area contributed by atoms with Crippen molar-refractivity contribution in [1.29, 1.82) is 0 Å². The lowest BCUT2D eigenvalue weighted by Crippen LogP contribution is -2.22. The summed E-state index contributed by atoms with van der Waals surface area (Å²) >= 11 is 6.06. The lowest BCUT2D eigenvalue weighted by Gasteiger charge is -2.24. The van der Waals surface area contributed by atoms with E-state index < -0.39 is 0 Å². The van der Waals surface area contributed by atoms with Gasteiger partial charge in [0.2, 0.25) is 0 Å². The molecule has 0 atom stereocenters. The fourth-order valence-electron chi connectivity index (χ4n) is 4.56. The largest absolute Gasteiger partial charge is 0.324 e. The van der Waals surface area contributed by atoms with Gasteiger partial charge in [0.15, 0.2) is 0 Å². The third-order valence-electron chi connectivity index (χ3n) is 6.14. The van der Waals surface area contributed by atoms with E-state index >= 15 is 0 Å². The number of carbonyl (C=O) groups is 1. The molecule has 0 unspecified atom stereocenters. The van der Waals surface area contributed by atoms with Crippen molar-refractivity contribution in [1.82, 2.24) is 9.78 Å². The molecular weight excluding hydrogens is 420 g/mol. The van der Waals surface area contributed by atoms with Gasteiger partial charge in [0, 0.05) is 16.1 Å². The predicted molar refractivity (Wildman–Crippen MR) is 131 cm³/mol. The number of aromatic nitrogens is 2. The Labute approximate surface area is 192 Å². The lowest BCUT2D eigenvalue weighted by molar-refractivity contribution is 0.262. The second-order valence-electron chi connectivity index (χ2n) is 8.26. The summed E-state index contributed by atoms with van der Waals surface area (Å²) in [6, 6.07) is 23.0. The third kappa shape index (κ3) is 4.21. The summed E-state index contributed by atoms with van der Waals surface area (Å²) in [5, 5.41) is 12.3. The number of hydrogen-bond acceptors (Lipinski definition) is 2. The molecule has 0 aliphatic heterocycles. The molecule has 5 nitrogen and oxygen atoms in total. The molecular formula is C26H25ClN4O. The van der Waals surface area contributed by atoms with Crippen LogP contribution in [0.15, 0.2) is 72.8 Å². The van der Waals surface area contributed by atoms with E-state index in [0.29, 0.717) is 16.8 Å². The zero-order valence-corrected chi connectivity index (χ0v) is 18.5. The first-order valence-electron chi connectivity index (χ1n) is 11.1. The highest BCUT2D eigenvalue weighted by Gasteiger charge is 2.20. The fraction of sp³-hybridized carbons (Fsp3) is 0.231. The highest BCUT2D eigenvalue weighted by molar-refractivity contribution is 6.30. The minimum Gasteiger partial charge on any atom is -0.307 e. The standard InChI is InChI=1S/C26H25ClN4O/c27-19-14-16-20(17-15-19)31-25(22-11-5-7-13-24(22)30-31)29-26(32)28-23-12-6-4-10-21(23)18-8-2-1-3-9-18/h4-7,10-18H,1-3,8-9H2,(H2,28,29,32). The number of anilines is 2. The first-order valence-corrected chi connectivity index (χ1v) is 11.5. The number of hydrogen-bond donors (Lipinski definition) is 2. The average Bonchev–Trinajstić information content (AvgIpc) is 3.19. The van der Waals surface area contributed by atoms with E-state index in [0.717, 1.165) is 22.3 Å². The van der Waals surface area contributed by atoms with Gasteiger partial charge in [-0.05, 0) is 66.8 Å². The van der Waals surface area contributed by atoms with Gasteiger partial charge in [-0.2, -0.15) is 5.10 Å². The van der Waals surface area contributed by atoms with Crippen LogP contribution in [-0.4, -0.2) is 15.8 Å². The Morgan fingerprint density at radius 1 is 0.875 bits per heavy atom. The molecule has 5 rings (SSSR count).